The molecular formula is C20H24ClN3O3S. The molecule has 28 heavy (non-hydrogen) atoms. The predicted octanol–water partition coefficient (Wildman–Crippen LogP) is 3.74. The van der Waals surface area contributed by atoms with Crippen molar-refractivity contribution < 1.29 is 13.2 Å². The Bertz CT molecular complexity index is 909. The molecule has 2 aromatic rings. The highest BCUT2D eigenvalue weighted by Gasteiger charge is 2.21. The minimum absolute atomic E-state index is 0.311. The normalized spacial score (nSPS) is 14.6. The van der Waals surface area contributed by atoms with Gasteiger partial charge < -0.3 is 10.2 Å². The molecule has 3 rings (SSSR count). The Labute approximate surface area is 171 Å². The maximum atomic E-state index is 12.4. The van der Waals surface area contributed by atoms with Gasteiger partial charge in [-0.05, 0) is 67.8 Å². The number of carbonyl (C=O) groups excluding carboxylic acids is 1. The minimum atomic E-state index is -3.62. The zero-order valence-corrected chi connectivity index (χ0v) is 17.3. The fourth-order valence-electron chi connectivity index (χ4n) is 3.25. The second-order valence-electron chi connectivity index (χ2n) is 6.89. The molecule has 8 heteroatoms. The number of benzene rings is 2. The van der Waals surface area contributed by atoms with Gasteiger partial charge in [0.2, 0.25) is 15.9 Å². The molecule has 6 nitrogen and oxygen atoms in total. The van der Waals surface area contributed by atoms with Gasteiger partial charge in [-0.15, -0.1) is 0 Å². The van der Waals surface area contributed by atoms with Gasteiger partial charge in [0.25, 0.3) is 0 Å². The first-order chi connectivity index (χ1) is 13.3. The molecule has 0 atom stereocenters. The van der Waals surface area contributed by atoms with Crippen molar-refractivity contribution in [2.75, 3.05) is 40.4 Å². The molecule has 0 spiro atoms. The number of hydrogen-bond donors (Lipinski definition) is 1. The van der Waals surface area contributed by atoms with Gasteiger partial charge in [0.1, 0.15) is 6.54 Å². The van der Waals surface area contributed by atoms with Crippen molar-refractivity contribution in [1.29, 1.82) is 0 Å². The molecular weight excluding hydrogens is 398 g/mol. The van der Waals surface area contributed by atoms with E-state index in [1.165, 1.54) is 19.3 Å². The first-order valence-electron chi connectivity index (χ1n) is 9.21. The molecule has 0 radical (unpaired) electrons. The van der Waals surface area contributed by atoms with Gasteiger partial charge in [-0.25, -0.2) is 8.42 Å². The Balaban J connectivity index is 1.66. The van der Waals surface area contributed by atoms with Crippen LogP contribution in [0.25, 0.3) is 0 Å². The van der Waals surface area contributed by atoms with E-state index >= 15 is 0 Å². The lowest BCUT2D eigenvalue weighted by molar-refractivity contribution is -0.114. The van der Waals surface area contributed by atoms with Gasteiger partial charge in [0.05, 0.1) is 11.9 Å². The summed E-state index contributed by atoms with van der Waals surface area (Å²) in [4.78, 5) is 14.8. The van der Waals surface area contributed by atoms with Crippen LogP contribution in [-0.4, -0.2) is 40.2 Å². The molecule has 0 unspecified atom stereocenters. The summed E-state index contributed by atoms with van der Waals surface area (Å²) in [6, 6.07) is 14.0. The Morgan fingerprint density at radius 2 is 1.64 bits per heavy atom. The minimum Gasteiger partial charge on any atom is -0.372 e. The lowest BCUT2D eigenvalue weighted by Gasteiger charge is -2.28. The van der Waals surface area contributed by atoms with Crippen molar-refractivity contribution in [3.8, 4) is 0 Å². The number of halogens is 1. The van der Waals surface area contributed by atoms with Gasteiger partial charge in [-0.3, -0.25) is 9.10 Å². The summed E-state index contributed by atoms with van der Waals surface area (Å²) in [5.41, 5.74) is 2.16. The van der Waals surface area contributed by atoms with Crippen molar-refractivity contribution in [3.05, 3.63) is 53.6 Å². The third-order valence-electron chi connectivity index (χ3n) is 4.67. The standard InChI is InChI=1S/C20H24ClN3O3S/c1-28(26,27)24(19-9-5-16(21)6-10-19)15-20(25)22-17-7-11-18(12-8-17)23-13-3-2-4-14-23/h5-12H,2-4,13-15H2,1H3,(H,22,25). The van der Waals surface area contributed by atoms with Crippen LogP contribution in [-0.2, 0) is 14.8 Å². The lowest BCUT2D eigenvalue weighted by Crippen LogP contribution is -2.37. The summed E-state index contributed by atoms with van der Waals surface area (Å²) in [5, 5.41) is 3.26. The van der Waals surface area contributed by atoms with Crippen molar-refractivity contribution in [2.24, 2.45) is 0 Å². The molecule has 0 aromatic heterocycles. The molecule has 0 bridgehead atoms. The van der Waals surface area contributed by atoms with E-state index in [0.29, 0.717) is 16.4 Å². The van der Waals surface area contributed by atoms with Crippen molar-refractivity contribution in [2.45, 2.75) is 19.3 Å². The van der Waals surface area contributed by atoms with Gasteiger partial charge in [-0.2, -0.15) is 0 Å². The highest BCUT2D eigenvalue weighted by atomic mass is 35.5. The number of sulfonamides is 1. The van der Waals surface area contributed by atoms with E-state index in [4.69, 9.17) is 11.6 Å². The van der Waals surface area contributed by atoms with Gasteiger partial charge in [0, 0.05) is 29.5 Å². The molecule has 1 aliphatic rings. The zero-order chi connectivity index (χ0) is 20.1. The second kappa shape index (κ2) is 8.84. The van der Waals surface area contributed by atoms with Crippen LogP contribution in [0.2, 0.25) is 5.02 Å². The number of nitrogens with one attached hydrogen (secondary N) is 1. The Morgan fingerprint density at radius 1 is 1.04 bits per heavy atom. The average Bonchev–Trinajstić information content (AvgIpc) is 2.67. The summed E-state index contributed by atoms with van der Waals surface area (Å²) >= 11 is 5.86. The lowest BCUT2D eigenvalue weighted by atomic mass is 10.1. The highest BCUT2D eigenvalue weighted by Crippen LogP contribution is 2.23. The third-order valence-corrected chi connectivity index (χ3v) is 6.07. The van der Waals surface area contributed by atoms with Crippen LogP contribution in [0.3, 0.4) is 0 Å². The highest BCUT2D eigenvalue weighted by molar-refractivity contribution is 7.92. The van der Waals surface area contributed by atoms with Crippen LogP contribution in [0.4, 0.5) is 17.1 Å². The number of amides is 1. The second-order valence-corrected chi connectivity index (χ2v) is 9.23. The molecule has 1 heterocycles. The van der Waals surface area contributed by atoms with E-state index in [0.717, 1.165) is 29.3 Å². The Kier molecular flexibility index (Phi) is 6.46. The monoisotopic (exact) mass is 421 g/mol. The predicted molar refractivity (Wildman–Crippen MR) is 115 cm³/mol. The van der Waals surface area contributed by atoms with Crippen molar-refractivity contribution in [1.82, 2.24) is 0 Å². The summed E-state index contributed by atoms with van der Waals surface area (Å²) in [7, 11) is -3.62. The molecule has 1 aliphatic heterocycles. The number of rotatable bonds is 6. The summed E-state index contributed by atoms with van der Waals surface area (Å²) in [5.74, 6) is -0.411. The quantitative estimate of drug-likeness (QED) is 0.771. The first kappa shape index (κ1) is 20.5. The molecule has 0 saturated carbocycles. The van der Waals surface area contributed by atoms with Gasteiger partial charge in [-0.1, -0.05) is 11.6 Å². The summed E-state index contributed by atoms with van der Waals surface area (Å²) in [6.07, 6.45) is 4.74. The summed E-state index contributed by atoms with van der Waals surface area (Å²) in [6.45, 7) is 1.79. The first-order valence-corrected chi connectivity index (χ1v) is 11.4. The number of anilines is 3. The number of piperidine rings is 1. The van der Waals surface area contributed by atoms with Crippen LogP contribution in [0.5, 0.6) is 0 Å². The van der Waals surface area contributed by atoms with Crippen molar-refractivity contribution >= 4 is 44.6 Å². The SMILES string of the molecule is CS(=O)(=O)N(CC(=O)Nc1ccc(N2CCCCC2)cc1)c1ccc(Cl)cc1. The fourth-order valence-corrected chi connectivity index (χ4v) is 4.23. The number of hydrogen-bond acceptors (Lipinski definition) is 4. The third kappa shape index (κ3) is 5.39. The molecule has 1 N–H and O–H groups in total. The molecule has 1 saturated heterocycles. The van der Waals surface area contributed by atoms with Crippen LogP contribution < -0.4 is 14.5 Å². The largest absolute Gasteiger partial charge is 0.372 e. The topological polar surface area (TPSA) is 69.7 Å². The van der Waals surface area contributed by atoms with Crippen molar-refractivity contribution in [3.63, 3.8) is 0 Å². The van der Waals surface area contributed by atoms with Crippen LogP contribution >= 0.6 is 11.6 Å². The van der Waals surface area contributed by atoms with E-state index in [9.17, 15) is 13.2 Å². The van der Waals surface area contributed by atoms with E-state index in [-0.39, 0.29) is 6.54 Å². The maximum Gasteiger partial charge on any atom is 0.245 e. The van der Waals surface area contributed by atoms with E-state index in [2.05, 4.69) is 10.2 Å². The molecule has 2 aromatic carbocycles. The smallest absolute Gasteiger partial charge is 0.245 e. The van der Waals surface area contributed by atoms with Crippen LogP contribution in [0, 0.1) is 0 Å². The Hall–Kier alpha value is -2.25. The molecule has 0 aliphatic carbocycles. The van der Waals surface area contributed by atoms with Gasteiger partial charge in [0.15, 0.2) is 0 Å². The van der Waals surface area contributed by atoms with Crippen LogP contribution in [0.1, 0.15) is 19.3 Å². The van der Waals surface area contributed by atoms with E-state index in [1.807, 2.05) is 24.3 Å². The molecule has 150 valence electrons. The van der Waals surface area contributed by atoms with Crippen LogP contribution in [0.15, 0.2) is 48.5 Å². The molecule has 1 amide bonds. The Morgan fingerprint density at radius 3 is 2.21 bits per heavy atom. The molecule has 1 fully saturated rings. The average molecular weight is 422 g/mol. The van der Waals surface area contributed by atoms with E-state index in [1.54, 1.807) is 24.3 Å². The van der Waals surface area contributed by atoms with Gasteiger partial charge >= 0.3 is 0 Å². The maximum absolute atomic E-state index is 12.4. The zero-order valence-electron chi connectivity index (χ0n) is 15.8. The number of nitrogens with zero attached hydrogens (tertiary/aromatic N) is 2. The number of carbonyl (C=O) groups is 1. The fraction of sp³-hybridized carbons (Fsp3) is 0.350. The van der Waals surface area contributed by atoms with E-state index < -0.39 is 15.9 Å². The summed E-state index contributed by atoms with van der Waals surface area (Å²) < 4.78 is 25.3.